The van der Waals surface area contributed by atoms with Crippen molar-refractivity contribution in [2.24, 2.45) is 5.92 Å². The van der Waals surface area contributed by atoms with Crippen molar-refractivity contribution in [2.45, 2.75) is 52.1 Å². The number of carbonyl (C=O) groups excluding carboxylic acids is 1. The summed E-state index contributed by atoms with van der Waals surface area (Å²) in [6.45, 7) is 5.94. The van der Waals surface area contributed by atoms with Gasteiger partial charge in [0.1, 0.15) is 6.54 Å². The van der Waals surface area contributed by atoms with E-state index in [0.29, 0.717) is 5.92 Å². The molecular weight excluding hydrogens is 220 g/mol. The maximum atomic E-state index is 11.9. The molecule has 0 aliphatic heterocycles. The number of carbonyl (C=O) groups is 2. The highest BCUT2D eigenvalue weighted by Gasteiger charge is 2.34. The molecule has 0 heterocycles. The van der Waals surface area contributed by atoms with Crippen molar-refractivity contribution in [3.63, 3.8) is 0 Å². The molecule has 2 amide bonds. The van der Waals surface area contributed by atoms with E-state index >= 15 is 0 Å². The van der Waals surface area contributed by atoms with Crippen LogP contribution in [0.2, 0.25) is 0 Å². The molecule has 5 nitrogen and oxygen atoms in total. The van der Waals surface area contributed by atoms with Gasteiger partial charge in [0.25, 0.3) is 0 Å². The molecule has 0 aromatic heterocycles. The van der Waals surface area contributed by atoms with E-state index in [1.165, 1.54) is 4.90 Å². The third-order valence-electron chi connectivity index (χ3n) is 2.75. The predicted octanol–water partition coefficient (Wildman–Crippen LogP) is 1.68. The molecule has 1 rings (SSSR count). The highest BCUT2D eigenvalue weighted by molar-refractivity contribution is 5.80. The van der Waals surface area contributed by atoms with Gasteiger partial charge in [0.05, 0.1) is 0 Å². The summed E-state index contributed by atoms with van der Waals surface area (Å²) < 4.78 is 0. The molecule has 98 valence electrons. The lowest BCUT2D eigenvalue weighted by Crippen LogP contribution is -2.47. The van der Waals surface area contributed by atoms with Gasteiger partial charge in [0.2, 0.25) is 0 Å². The van der Waals surface area contributed by atoms with Crippen LogP contribution in [-0.4, -0.2) is 40.6 Å². The Balaban J connectivity index is 2.44. The number of nitrogens with one attached hydrogen (secondary N) is 1. The molecule has 17 heavy (non-hydrogen) atoms. The van der Waals surface area contributed by atoms with Crippen molar-refractivity contribution in [2.75, 3.05) is 6.54 Å². The molecule has 1 fully saturated rings. The number of urea groups is 1. The van der Waals surface area contributed by atoms with Crippen molar-refractivity contribution >= 4 is 12.0 Å². The van der Waals surface area contributed by atoms with Crippen molar-refractivity contribution in [1.82, 2.24) is 10.2 Å². The van der Waals surface area contributed by atoms with Gasteiger partial charge in [-0.3, -0.25) is 4.79 Å². The minimum atomic E-state index is -0.955. The van der Waals surface area contributed by atoms with Gasteiger partial charge in [0.15, 0.2) is 0 Å². The van der Waals surface area contributed by atoms with Crippen LogP contribution >= 0.6 is 0 Å². The zero-order chi connectivity index (χ0) is 13.0. The van der Waals surface area contributed by atoms with Crippen molar-refractivity contribution < 1.29 is 14.7 Å². The minimum Gasteiger partial charge on any atom is -0.480 e. The second kappa shape index (κ2) is 5.89. The highest BCUT2D eigenvalue weighted by atomic mass is 16.4. The number of amides is 2. The Hall–Kier alpha value is -1.26. The van der Waals surface area contributed by atoms with E-state index in [9.17, 15) is 9.59 Å². The summed E-state index contributed by atoms with van der Waals surface area (Å²) in [6, 6.07) is -0.0436. The zero-order valence-corrected chi connectivity index (χ0v) is 10.8. The Kier molecular flexibility index (Phi) is 4.78. The monoisotopic (exact) mass is 242 g/mol. The zero-order valence-electron chi connectivity index (χ0n) is 10.8. The molecular formula is C12H22N2O3. The van der Waals surface area contributed by atoms with Gasteiger partial charge in [-0.25, -0.2) is 4.79 Å². The van der Waals surface area contributed by atoms with Crippen molar-refractivity contribution in [3.05, 3.63) is 0 Å². The topological polar surface area (TPSA) is 69.6 Å². The van der Waals surface area contributed by atoms with E-state index in [1.807, 2.05) is 6.92 Å². The summed E-state index contributed by atoms with van der Waals surface area (Å²) in [5.74, 6) is -0.442. The fourth-order valence-corrected chi connectivity index (χ4v) is 1.96. The number of hydrogen-bond acceptors (Lipinski definition) is 2. The Labute approximate surface area is 102 Å². The summed E-state index contributed by atoms with van der Waals surface area (Å²) in [6.07, 6.45) is 2.73. The molecule has 1 unspecified atom stereocenters. The first-order valence-electron chi connectivity index (χ1n) is 6.19. The molecule has 5 heteroatoms. The average molecular weight is 242 g/mol. The third kappa shape index (κ3) is 5.06. The molecule has 1 atom stereocenters. The summed E-state index contributed by atoms with van der Waals surface area (Å²) in [5.41, 5.74) is 0. The molecule has 1 aliphatic carbocycles. The van der Waals surface area contributed by atoms with Crippen LogP contribution in [0.1, 0.15) is 40.0 Å². The standard InChI is InChI=1S/C12H22N2O3/c1-8(2)6-9(3)13-12(17)14(7-11(15)16)10-4-5-10/h8-10H,4-7H2,1-3H3,(H,13,17)(H,15,16). The molecule has 0 aromatic rings. The van der Waals surface area contributed by atoms with E-state index < -0.39 is 5.97 Å². The average Bonchev–Trinajstić information content (AvgIpc) is 2.94. The van der Waals surface area contributed by atoms with Crippen LogP contribution in [0.5, 0.6) is 0 Å². The summed E-state index contributed by atoms with van der Waals surface area (Å²) in [4.78, 5) is 24.0. The number of carboxylic acid groups (broad SMARTS) is 1. The highest BCUT2D eigenvalue weighted by Crippen LogP contribution is 2.26. The van der Waals surface area contributed by atoms with Gasteiger partial charge in [-0.05, 0) is 32.1 Å². The van der Waals surface area contributed by atoms with Gasteiger partial charge < -0.3 is 15.3 Å². The minimum absolute atomic E-state index is 0.0811. The van der Waals surface area contributed by atoms with E-state index in [4.69, 9.17) is 5.11 Å². The van der Waals surface area contributed by atoms with Crippen LogP contribution < -0.4 is 5.32 Å². The lowest BCUT2D eigenvalue weighted by Gasteiger charge is -2.24. The van der Waals surface area contributed by atoms with Crippen molar-refractivity contribution in [1.29, 1.82) is 0 Å². The lowest BCUT2D eigenvalue weighted by atomic mass is 10.1. The second-order valence-electron chi connectivity index (χ2n) is 5.23. The van der Waals surface area contributed by atoms with Gasteiger partial charge in [-0.2, -0.15) is 0 Å². The quantitative estimate of drug-likeness (QED) is 0.744. The Bertz CT molecular complexity index is 287. The number of hydrogen-bond donors (Lipinski definition) is 2. The fourth-order valence-electron chi connectivity index (χ4n) is 1.96. The van der Waals surface area contributed by atoms with E-state index in [2.05, 4.69) is 19.2 Å². The first kappa shape index (κ1) is 13.8. The molecule has 0 saturated heterocycles. The van der Waals surface area contributed by atoms with Crippen LogP contribution in [0.15, 0.2) is 0 Å². The molecule has 0 radical (unpaired) electrons. The molecule has 2 N–H and O–H groups in total. The van der Waals surface area contributed by atoms with Crippen LogP contribution in [0.25, 0.3) is 0 Å². The van der Waals surface area contributed by atoms with Gasteiger partial charge >= 0.3 is 12.0 Å². The first-order valence-corrected chi connectivity index (χ1v) is 6.19. The Morgan fingerprint density at radius 1 is 1.35 bits per heavy atom. The number of rotatable bonds is 6. The normalized spacial score (nSPS) is 16.7. The number of aliphatic carboxylic acids is 1. The summed E-state index contributed by atoms with van der Waals surface area (Å²) in [7, 11) is 0. The Morgan fingerprint density at radius 2 is 1.94 bits per heavy atom. The van der Waals surface area contributed by atoms with Crippen LogP contribution in [-0.2, 0) is 4.79 Å². The Morgan fingerprint density at radius 3 is 2.35 bits per heavy atom. The predicted molar refractivity (Wildman–Crippen MR) is 64.8 cm³/mol. The SMILES string of the molecule is CC(C)CC(C)NC(=O)N(CC(=O)O)C1CC1. The fraction of sp³-hybridized carbons (Fsp3) is 0.833. The van der Waals surface area contributed by atoms with E-state index in [-0.39, 0.29) is 24.7 Å². The second-order valence-corrected chi connectivity index (χ2v) is 5.23. The number of nitrogens with zero attached hydrogens (tertiary/aromatic N) is 1. The smallest absolute Gasteiger partial charge is 0.323 e. The van der Waals surface area contributed by atoms with E-state index in [0.717, 1.165) is 19.3 Å². The molecule has 1 saturated carbocycles. The van der Waals surface area contributed by atoms with Gasteiger partial charge in [-0.15, -0.1) is 0 Å². The lowest BCUT2D eigenvalue weighted by molar-refractivity contribution is -0.137. The largest absolute Gasteiger partial charge is 0.480 e. The van der Waals surface area contributed by atoms with E-state index in [1.54, 1.807) is 0 Å². The van der Waals surface area contributed by atoms with Gasteiger partial charge in [-0.1, -0.05) is 13.8 Å². The molecule has 0 bridgehead atoms. The molecule has 0 spiro atoms. The first-order chi connectivity index (χ1) is 7.90. The molecule has 1 aliphatic rings. The summed E-state index contributed by atoms with van der Waals surface area (Å²) in [5, 5.41) is 11.6. The maximum Gasteiger partial charge on any atom is 0.323 e. The third-order valence-corrected chi connectivity index (χ3v) is 2.75. The number of carboxylic acids is 1. The maximum absolute atomic E-state index is 11.9. The van der Waals surface area contributed by atoms with Crippen LogP contribution in [0.3, 0.4) is 0 Å². The van der Waals surface area contributed by atoms with Crippen LogP contribution in [0, 0.1) is 5.92 Å². The van der Waals surface area contributed by atoms with Gasteiger partial charge in [0, 0.05) is 12.1 Å². The van der Waals surface area contributed by atoms with Crippen molar-refractivity contribution in [3.8, 4) is 0 Å². The van der Waals surface area contributed by atoms with Crippen LogP contribution in [0.4, 0.5) is 4.79 Å². The molecule has 0 aromatic carbocycles. The summed E-state index contributed by atoms with van der Waals surface area (Å²) >= 11 is 0.